The number of amides is 1. The molecule has 2 rings (SSSR count). The molecule has 1 atom stereocenters. The van der Waals surface area contributed by atoms with E-state index in [-0.39, 0.29) is 6.04 Å². The highest BCUT2D eigenvalue weighted by atomic mass is 32.1. The van der Waals surface area contributed by atoms with Crippen molar-refractivity contribution in [3.05, 3.63) is 35.9 Å². The maximum Gasteiger partial charge on any atom is 0.408 e. The van der Waals surface area contributed by atoms with Gasteiger partial charge in [-0.15, -0.1) is 0 Å². The number of rotatable bonds is 7. The zero-order chi connectivity index (χ0) is 20.6. The second-order valence-corrected chi connectivity index (χ2v) is 9.15. The van der Waals surface area contributed by atoms with Crippen LogP contribution in [-0.2, 0) is 11.3 Å². The Morgan fingerprint density at radius 1 is 1.25 bits per heavy atom. The van der Waals surface area contributed by atoms with E-state index in [1.54, 1.807) is 5.01 Å². The van der Waals surface area contributed by atoms with Crippen LogP contribution >= 0.6 is 12.2 Å². The molecule has 5 nitrogen and oxygen atoms in total. The molecule has 1 amide bonds. The summed E-state index contributed by atoms with van der Waals surface area (Å²) in [6.45, 7) is 6.07. The number of nitrogens with two attached hydrogens (primary N) is 1. The Hall–Kier alpha value is -1.66. The molecular formula is C22H35N3O2S. The van der Waals surface area contributed by atoms with Crippen molar-refractivity contribution >= 4 is 23.3 Å². The molecule has 0 saturated heterocycles. The summed E-state index contributed by atoms with van der Waals surface area (Å²) in [6.07, 6.45) is 7.85. The summed E-state index contributed by atoms with van der Waals surface area (Å²) in [6, 6.07) is 9.65. The van der Waals surface area contributed by atoms with Crippen LogP contribution in [0.2, 0.25) is 0 Å². The first-order valence-electron chi connectivity index (χ1n) is 10.3. The van der Waals surface area contributed by atoms with Gasteiger partial charge in [-0.2, -0.15) is 0 Å². The fraction of sp³-hybridized carbons (Fsp3) is 0.636. The van der Waals surface area contributed by atoms with Crippen LogP contribution in [0.5, 0.6) is 0 Å². The molecule has 1 saturated carbocycles. The maximum absolute atomic E-state index is 12.4. The van der Waals surface area contributed by atoms with Gasteiger partial charge in [-0.05, 0) is 45.1 Å². The van der Waals surface area contributed by atoms with Gasteiger partial charge in [-0.1, -0.05) is 74.7 Å². The highest BCUT2D eigenvalue weighted by molar-refractivity contribution is 7.80. The van der Waals surface area contributed by atoms with Crippen molar-refractivity contribution in [3.63, 3.8) is 0 Å². The molecule has 0 radical (unpaired) electrons. The van der Waals surface area contributed by atoms with Crippen LogP contribution < -0.4 is 11.2 Å². The molecule has 0 bridgehead atoms. The first-order chi connectivity index (χ1) is 13.2. The smallest absolute Gasteiger partial charge is 0.408 e. The van der Waals surface area contributed by atoms with Crippen molar-refractivity contribution in [3.8, 4) is 0 Å². The standard InChI is InChI=1S/C22H35N3O2S/c1-22(2,3)27-21(26)24-19(15-14-17-10-6-4-7-11-17)20(28)25(23)16-18-12-8-5-9-13-18/h5,8-9,12-13,17,19H,4,6-7,10-11,14-16,23H2,1-3H3,(H,24,26)/t19-/m1/s1. The van der Waals surface area contributed by atoms with Gasteiger partial charge >= 0.3 is 6.09 Å². The van der Waals surface area contributed by atoms with Crippen molar-refractivity contribution in [2.45, 2.75) is 83.9 Å². The van der Waals surface area contributed by atoms with E-state index in [4.69, 9.17) is 22.8 Å². The molecule has 0 heterocycles. The monoisotopic (exact) mass is 405 g/mol. The molecule has 3 N–H and O–H groups in total. The van der Waals surface area contributed by atoms with Crippen LogP contribution in [0.4, 0.5) is 4.79 Å². The molecule has 0 aliphatic heterocycles. The van der Waals surface area contributed by atoms with E-state index in [2.05, 4.69) is 5.32 Å². The summed E-state index contributed by atoms with van der Waals surface area (Å²) in [5.41, 5.74) is 0.530. The summed E-state index contributed by atoms with van der Waals surface area (Å²) in [5.74, 6) is 6.97. The average molecular weight is 406 g/mol. The van der Waals surface area contributed by atoms with E-state index in [0.717, 1.165) is 18.4 Å². The second kappa shape index (κ2) is 10.8. The minimum absolute atomic E-state index is 0.305. The van der Waals surface area contributed by atoms with E-state index in [1.807, 2.05) is 51.1 Å². The lowest BCUT2D eigenvalue weighted by Crippen LogP contribution is -2.51. The molecule has 0 unspecified atom stereocenters. The third kappa shape index (κ3) is 8.15. The van der Waals surface area contributed by atoms with Crippen LogP contribution in [-0.4, -0.2) is 27.7 Å². The number of nitrogens with one attached hydrogen (secondary N) is 1. The van der Waals surface area contributed by atoms with E-state index in [9.17, 15) is 4.79 Å². The van der Waals surface area contributed by atoms with Crippen LogP contribution in [0.15, 0.2) is 30.3 Å². The quantitative estimate of drug-likeness (QED) is 0.382. The summed E-state index contributed by atoms with van der Waals surface area (Å²) in [5, 5.41) is 4.52. The lowest BCUT2D eigenvalue weighted by molar-refractivity contribution is 0.0512. The fourth-order valence-electron chi connectivity index (χ4n) is 3.64. The number of ether oxygens (including phenoxy) is 1. The molecule has 156 valence electrons. The topological polar surface area (TPSA) is 67.6 Å². The van der Waals surface area contributed by atoms with Gasteiger partial charge in [0.2, 0.25) is 0 Å². The Kier molecular flexibility index (Phi) is 8.70. The molecule has 6 heteroatoms. The van der Waals surface area contributed by atoms with Gasteiger partial charge in [0.25, 0.3) is 0 Å². The molecule has 1 aliphatic rings. The highest BCUT2D eigenvalue weighted by Gasteiger charge is 2.25. The largest absolute Gasteiger partial charge is 0.444 e. The maximum atomic E-state index is 12.4. The van der Waals surface area contributed by atoms with Gasteiger partial charge in [0.1, 0.15) is 10.6 Å². The van der Waals surface area contributed by atoms with Gasteiger partial charge < -0.3 is 10.1 Å². The molecule has 1 aromatic carbocycles. The Labute approximate surface area is 175 Å². The minimum Gasteiger partial charge on any atom is -0.444 e. The lowest BCUT2D eigenvalue weighted by Gasteiger charge is -2.30. The summed E-state index contributed by atoms with van der Waals surface area (Å²) in [4.78, 5) is 12.9. The highest BCUT2D eigenvalue weighted by Crippen LogP contribution is 2.28. The predicted octanol–water partition coefficient (Wildman–Crippen LogP) is 4.94. The van der Waals surface area contributed by atoms with Crippen molar-refractivity contribution in [1.82, 2.24) is 10.3 Å². The number of benzene rings is 1. The first-order valence-corrected chi connectivity index (χ1v) is 10.7. The minimum atomic E-state index is -0.550. The Morgan fingerprint density at radius 2 is 1.89 bits per heavy atom. The fourth-order valence-corrected chi connectivity index (χ4v) is 3.88. The average Bonchev–Trinajstić information content (AvgIpc) is 2.64. The number of nitrogens with zero attached hydrogens (tertiary/aromatic N) is 1. The van der Waals surface area contributed by atoms with Crippen LogP contribution in [0.3, 0.4) is 0 Å². The van der Waals surface area contributed by atoms with Crippen LogP contribution in [0.25, 0.3) is 0 Å². The van der Waals surface area contributed by atoms with Crippen molar-refractivity contribution in [1.29, 1.82) is 0 Å². The zero-order valence-corrected chi connectivity index (χ0v) is 18.3. The van der Waals surface area contributed by atoms with Gasteiger partial charge in [0.15, 0.2) is 0 Å². The third-order valence-electron chi connectivity index (χ3n) is 5.06. The SMILES string of the molecule is CC(C)(C)OC(=O)N[C@H](CCC1CCCCC1)C(=S)N(N)Cc1ccccc1. The second-order valence-electron chi connectivity index (χ2n) is 8.73. The van der Waals surface area contributed by atoms with Gasteiger partial charge in [0, 0.05) is 0 Å². The van der Waals surface area contributed by atoms with Gasteiger partial charge in [-0.25, -0.2) is 10.6 Å². The number of hydrogen-bond acceptors (Lipinski definition) is 4. The first kappa shape index (κ1) is 22.6. The molecular weight excluding hydrogens is 370 g/mol. The van der Waals surface area contributed by atoms with Crippen molar-refractivity contribution in [2.75, 3.05) is 0 Å². The van der Waals surface area contributed by atoms with E-state index < -0.39 is 11.7 Å². The normalized spacial score (nSPS) is 16.3. The van der Waals surface area contributed by atoms with E-state index in [0.29, 0.717) is 17.5 Å². The summed E-state index contributed by atoms with van der Waals surface area (Å²) in [7, 11) is 0. The van der Waals surface area contributed by atoms with Gasteiger partial charge in [0.05, 0.1) is 12.6 Å². The van der Waals surface area contributed by atoms with Crippen molar-refractivity contribution in [2.24, 2.45) is 11.8 Å². The Morgan fingerprint density at radius 3 is 2.50 bits per heavy atom. The zero-order valence-electron chi connectivity index (χ0n) is 17.4. The molecule has 1 aliphatic carbocycles. The molecule has 1 aromatic rings. The van der Waals surface area contributed by atoms with Crippen LogP contribution in [0, 0.1) is 5.92 Å². The summed E-state index contributed by atoms with van der Waals surface area (Å²) >= 11 is 5.65. The number of carbonyl (C=O) groups is 1. The Bertz CT molecular complexity index is 624. The molecule has 1 fully saturated rings. The number of carbonyl (C=O) groups excluding carboxylic acids is 1. The lowest BCUT2D eigenvalue weighted by atomic mass is 9.85. The van der Waals surface area contributed by atoms with Crippen molar-refractivity contribution < 1.29 is 9.53 Å². The number of hydrogen-bond donors (Lipinski definition) is 2. The number of thiocarbonyl (C=S) groups is 1. The Balaban J connectivity index is 1.99. The van der Waals surface area contributed by atoms with Crippen LogP contribution in [0.1, 0.15) is 71.3 Å². The van der Waals surface area contributed by atoms with Gasteiger partial charge in [-0.3, -0.25) is 5.01 Å². The molecule has 0 aromatic heterocycles. The summed E-state index contributed by atoms with van der Waals surface area (Å²) < 4.78 is 5.44. The number of alkyl carbamates (subject to hydrolysis) is 1. The molecule has 0 spiro atoms. The van der Waals surface area contributed by atoms with E-state index in [1.165, 1.54) is 32.1 Å². The third-order valence-corrected chi connectivity index (χ3v) is 5.58. The van der Waals surface area contributed by atoms with E-state index >= 15 is 0 Å². The predicted molar refractivity (Wildman–Crippen MR) is 118 cm³/mol. The number of hydrazine groups is 1. The molecule has 28 heavy (non-hydrogen) atoms.